The molecule has 0 aliphatic rings. The number of hydrogen-bond acceptors (Lipinski definition) is 7. The van der Waals surface area contributed by atoms with Crippen LogP contribution in [0.2, 0.25) is 0 Å². The van der Waals surface area contributed by atoms with Gasteiger partial charge in [0.2, 0.25) is 11.7 Å². The third kappa shape index (κ3) is 4.80. The molecule has 8 nitrogen and oxygen atoms in total. The molecule has 0 bridgehead atoms. The van der Waals surface area contributed by atoms with Gasteiger partial charge in [0.05, 0.1) is 18.9 Å². The second-order valence-corrected chi connectivity index (χ2v) is 6.64. The van der Waals surface area contributed by atoms with Gasteiger partial charge >= 0.3 is 0 Å². The zero-order valence-corrected chi connectivity index (χ0v) is 17.3. The van der Waals surface area contributed by atoms with E-state index in [4.69, 9.17) is 14.0 Å². The molecule has 0 spiro atoms. The molecule has 8 heteroatoms. The first kappa shape index (κ1) is 20.3. The summed E-state index contributed by atoms with van der Waals surface area (Å²) >= 11 is 0. The number of aromatic nitrogens is 4. The van der Waals surface area contributed by atoms with Crippen LogP contribution in [0.15, 0.2) is 70.0 Å². The minimum absolute atomic E-state index is 0.0771. The highest BCUT2D eigenvalue weighted by Gasteiger charge is 2.12. The van der Waals surface area contributed by atoms with Crippen LogP contribution in [-0.2, 0) is 6.54 Å². The molecule has 0 aliphatic carbocycles. The van der Waals surface area contributed by atoms with E-state index in [1.165, 1.54) is 10.7 Å². The molecule has 2 aromatic heterocycles. The molecule has 2 heterocycles. The van der Waals surface area contributed by atoms with E-state index in [0.29, 0.717) is 30.6 Å². The molecule has 158 valence electrons. The van der Waals surface area contributed by atoms with E-state index < -0.39 is 0 Å². The van der Waals surface area contributed by atoms with E-state index in [-0.39, 0.29) is 12.1 Å². The number of ether oxygens (including phenoxy) is 2. The van der Waals surface area contributed by atoms with Gasteiger partial charge in [-0.05, 0) is 68.4 Å². The van der Waals surface area contributed by atoms with Gasteiger partial charge in [-0.3, -0.25) is 4.79 Å². The first-order chi connectivity index (χ1) is 15.2. The Bertz CT molecular complexity index is 1200. The first-order valence-electron chi connectivity index (χ1n) is 10.0. The van der Waals surface area contributed by atoms with Crippen molar-refractivity contribution in [1.82, 2.24) is 19.9 Å². The maximum Gasteiger partial charge on any atom is 0.267 e. The Morgan fingerprint density at radius 1 is 0.839 bits per heavy atom. The molecular weight excluding hydrogens is 396 g/mol. The Morgan fingerprint density at radius 2 is 1.45 bits per heavy atom. The molecule has 31 heavy (non-hydrogen) atoms. The molecule has 0 N–H and O–H groups in total. The molecule has 0 aliphatic heterocycles. The van der Waals surface area contributed by atoms with Crippen LogP contribution in [-0.4, -0.2) is 33.1 Å². The van der Waals surface area contributed by atoms with Gasteiger partial charge in [-0.1, -0.05) is 5.16 Å². The van der Waals surface area contributed by atoms with Crippen LogP contribution in [0.5, 0.6) is 11.5 Å². The molecule has 4 aromatic rings. The Morgan fingerprint density at radius 3 is 2.06 bits per heavy atom. The fourth-order valence-electron chi connectivity index (χ4n) is 3.04. The smallest absolute Gasteiger partial charge is 0.267 e. The van der Waals surface area contributed by atoms with E-state index in [2.05, 4.69) is 15.2 Å². The molecule has 0 radical (unpaired) electrons. The fraction of sp³-hybridized carbons (Fsp3) is 0.217. The van der Waals surface area contributed by atoms with Gasteiger partial charge < -0.3 is 14.0 Å². The van der Waals surface area contributed by atoms with Crippen LogP contribution in [0.25, 0.3) is 22.6 Å². The zero-order chi connectivity index (χ0) is 21.6. The summed E-state index contributed by atoms with van der Waals surface area (Å²) < 4.78 is 17.6. The van der Waals surface area contributed by atoms with Crippen LogP contribution in [0, 0.1) is 0 Å². The largest absolute Gasteiger partial charge is 0.494 e. The summed E-state index contributed by atoms with van der Waals surface area (Å²) in [7, 11) is 0. The normalized spacial score (nSPS) is 10.8. The van der Waals surface area contributed by atoms with Crippen LogP contribution in [0.3, 0.4) is 0 Å². The van der Waals surface area contributed by atoms with Crippen molar-refractivity contribution in [3.63, 3.8) is 0 Å². The van der Waals surface area contributed by atoms with E-state index in [0.717, 1.165) is 22.6 Å². The molecular formula is C23H22N4O4. The number of benzene rings is 2. The second kappa shape index (κ2) is 9.25. The zero-order valence-electron chi connectivity index (χ0n) is 17.3. The lowest BCUT2D eigenvalue weighted by Gasteiger charge is -2.07. The summed E-state index contributed by atoms with van der Waals surface area (Å²) in [4.78, 5) is 16.7. The highest BCUT2D eigenvalue weighted by atomic mass is 16.5. The van der Waals surface area contributed by atoms with Gasteiger partial charge in [-0.2, -0.15) is 10.1 Å². The number of hydrogen-bond donors (Lipinski definition) is 0. The molecule has 0 saturated carbocycles. The van der Waals surface area contributed by atoms with Crippen molar-refractivity contribution in [2.45, 2.75) is 20.4 Å². The third-order valence-corrected chi connectivity index (χ3v) is 4.50. The van der Waals surface area contributed by atoms with E-state index in [1.54, 1.807) is 6.07 Å². The van der Waals surface area contributed by atoms with Crippen molar-refractivity contribution in [3.8, 4) is 34.1 Å². The molecule has 0 fully saturated rings. The lowest BCUT2D eigenvalue weighted by atomic mass is 10.1. The average molecular weight is 418 g/mol. The third-order valence-electron chi connectivity index (χ3n) is 4.50. The Labute approximate surface area is 179 Å². The van der Waals surface area contributed by atoms with E-state index in [9.17, 15) is 4.79 Å². The topological polar surface area (TPSA) is 92.3 Å². The van der Waals surface area contributed by atoms with Crippen molar-refractivity contribution < 1.29 is 14.0 Å². The van der Waals surface area contributed by atoms with Crippen molar-refractivity contribution in [2.24, 2.45) is 0 Å². The Balaban J connectivity index is 1.53. The summed E-state index contributed by atoms with van der Waals surface area (Å²) in [6, 6.07) is 18.1. The second-order valence-electron chi connectivity index (χ2n) is 6.64. The molecule has 0 saturated heterocycles. The maximum atomic E-state index is 12.3. The minimum Gasteiger partial charge on any atom is -0.494 e. The van der Waals surface area contributed by atoms with E-state index >= 15 is 0 Å². The number of nitrogens with zero attached hydrogens (tertiary/aromatic N) is 4. The summed E-state index contributed by atoms with van der Waals surface area (Å²) in [6.45, 7) is 5.15. The van der Waals surface area contributed by atoms with Gasteiger partial charge in [0.15, 0.2) is 0 Å². The van der Waals surface area contributed by atoms with Gasteiger partial charge in [0, 0.05) is 17.2 Å². The van der Waals surface area contributed by atoms with Crippen molar-refractivity contribution >= 4 is 0 Å². The first-order valence-corrected chi connectivity index (χ1v) is 10.0. The van der Waals surface area contributed by atoms with Crippen molar-refractivity contribution in [3.05, 3.63) is 76.9 Å². The molecule has 4 rings (SSSR count). The lowest BCUT2D eigenvalue weighted by Crippen LogP contribution is -2.23. The van der Waals surface area contributed by atoms with Gasteiger partial charge in [-0.25, -0.2) is 4.68 Å². The Kier molecular flexibility index (Phi) is 6.07. The summed E-state index contributed by atoms with van der Waals surface area (Å²) in [5.41, 5.74) is 2.07. The predicted molar refractivity (Wildman–Crippen MR) is 115 cm³/mol. The van der Waals surface area contributed by atoms with Gasteiger partial charge in [0.1, 0.15) is 18.0 Å². The monoisotopic (exact) mass is 418 g/mol. The van der Waals surface area contributed by atoms with Crippen LogP contribution in [0.1, 0.15) is 19.7 Å². The Hall–Kier alpha value is -3.94. The number of rotatable bonds is 8. The summed E-state index contributed by atoms with van der Waals surface area (Å²) in [5.74, 6) is 2.29. The van der Waals surface area contributed by atoms with Crippen LogP contribution < -0.4 is 15.0 Å². The SMILES string of the molecule is CCOc1ccc(-c2ccc(=O)n(Cc3nc(-c4ccc(OCC)cc4)no3)n2)cc1. The molecule has 0 atom stereocenters. The quantitative estimate of drug-likeness (QED) is 0.430. The highest BCUT2D eigenvalue weighted by molar-refractivity contribution is 5.59. The maximum absolute atomic E-state index is 12.3. The van der Waals surface area contributed by atoms with Crippen LogP contribution >= 0.6 is 0 Å². The van der Waals surface area contributed by atoms with E-state index in [1.807, 2.05) is 62.4 Å². The van der Waals surface area contributed by atoms with Crippen LogP contribution in [0.4, 0.5) is 0 Å². The summed E-state index contributed by atoms with van der Waals surface area (Å²) in [5, 5.41) is 8.46. The summed E-state index contributed by atoms with van der Waals surface area (Å²) in [6.07, 6.45) is 0. The van der Waals surface area contributed by atoms with Crippen molar-refractivity contribution in [1.29, 1.82) is 0 Å². The standard InChI is InChI=1S/C23H22N4O4/c1-3-29-18-9-5-16(6-10-18)20-13-14-22(28)27(25-20)15-21-24-23(26-31-21)17-7-11-19(12-8-17)30-4-2/h5-14H,3-4,15H2,1-2H3. The highest BCUT2D eigenvalue weighted by Crippen LogP contribution is 2.21. The van der Waals surface area contributed by atoms with Gasteiger partial charge in [-0.15, -0.1) is 0 Å². The van der Waals surface area contributed by atoms with Gasteiger partial charge in [0.25, 0.3) is 5.56 Å². The fourth-order valence-corrected chi connectivity index (χ4v) is 3.04. The van der Waals surface area contributed by atoms with Crippen molar-refractivity contribution in [2.75, 3.05) is 13.2 Å². The average Bonchev–Trinajstić information content (AvgIpc) is 3.25. The predicted octanol–water partition coefficient (Wildman–Crippen LogP) is 3.81. The minimum atomic E-state index is -0.254. The molecule has 0 amide bonds. The molecule has 0 unspecified atom stereocenters. The molecule has 2 aromatic carbocycles. The lowest BCUT2D eigenvalue weighted by molar-refractivity contribution is 0.340.